The minimum Gasteiger partial charge on any atom is -0.311 e. The third-order valence-electron chi connectivity index (χ3n) is 4.72. The Morgan fingerprint density at radius 3 is 2.79 bits per heavy atom. The standard InChI is InChI=1S/C16H27N3/c1-5-16(6-2)12-18-14(4)10-19(16)11-15-13(3)8-7-9-17-15/h7-9,14,18H,5-6,10-12H2,1-4H3. The molecule has 2 rings (SSSR count). The number of hydrogen-bond donors (Lipinski definition) is 1. The van der Waals surface area contributed by atoms with Crippen molar-refractivity contribution in [2.75, 3.05) is 13.1 Å². The second-order valence-corrected chi connectivity index (χ2v) is 5.86. The van der Waals surface area contributed by atoms with E-state index in [0.29, 0.717) is 6.04 Å². The Bertz CT molecular complexity index is 412. The van der Waals surface area contributed by atoms with Crippen LogP contribution in [-0.2, 0) is 6.54 Å². The van der Waals surface area contributed by atoms with E-state index in [1.54, 1.807) is 0 Å². The second-order valence-electron chi connectivity index (χ2n) is 5.86. The van der Waals surface area contributed by atoms with E-state index in [4.69, 9.17) is 0 Å². The van der Waals surface area contributed by atoms with Gasteiger partial charge in [0, 0.05) is 37.4 Å². The first-order valence-corrected chi connectivity index (χ1v) is 7.50. The molecule has 0 bridgehead atoms. The summed E-state index contributed by atoms with van der Waals surface area (Å²) >= 11 is 0. The van der Waals surface area contributed by atoms with Crippen LogP contribution in [0.2, 0.25) is 0 Å². The summed E-state index contributed by atoms with van der Waals surface area (Å²) in [6, 6.07) is 4.75. The van der Waals surface area contributed by atoms with Crippen LogP contribution in [0.1, 0.15) is 44.9 Å². The third-order valence-corrected chi connectivity index (χ3v) is 4.72. The minimum atomic E-state index is 0.288. The molecule has 1 atom stereocenters. The van der Waals surface area contributed by atoms with Gasteiger partial charge in [0.05, 0.1) is 5.69 Å². The van der Waals surface area contributed by atoms with Gasteiger partial charge in [-0.2, -0.15) is 0 Å². The average Bonchev–Trinajstić information content (AvgIpc) is 2.42. The van der Waals surface area contributed by atoms with Crippen LogP contribution in [0.4, 0.5) is 0 Å². The van der Waals surface area contributed by atoms with Gasteiger partial charge in [-0.15, -0.1) is 0 Å². The van der Waals surface area contributed by atoms with Crippen molar-refractivity contribution in [3.05, 3.63) is 29.6 Å². The molecule has 19 heavy (non-hydrogen) atoms. The van der Waals surface area contributed by atoms with Gasteiger partial charge in [-0.3, -0.25) is 9.88 Å². The SMILES string of the molecule is CCC1(CC)CNC(C)CN1Cc1ncccc1C. The molecule has 3 heteroatoms. The highest BCUT2D eigenvalue weighted by Crippen LogP contribution is 2.28. The molecule has 1 aliphatic rings. The highest BCUT2D eigenvalue weighted by molar-refractivity contribution is 5.18. The van der Waals surface area contributed by atoms with Crippen LogP contribution in [0.5, 0.6) is 0 Å². The van der Waals surface area contributed by atoms with Gasteiger partial charge in [0.25, 0.3) is 0 Å². The number of piperazine rings is 1. The second kappa shape index (κ2) is 6.02. The highest BCUT2D eigenvalue weighted by Gasteiger charge is 2.37. The molecule has 0 aromatic carbocycles. The first-order valence-electron chi connectivity index (χ1n) is 7.50. The molecule has 0 amide bonds. The van der Waals surface area contributed by atoms with Gasteiger partial charge in [0.15, 0.2) is 0 Å². The molecule has 1 fully saturated rings. The maximum Gasteiger partial charge on any atom is 0.0573 e. The van der Waals surface area contributed by atoms with Crippen molar-refractivity contribution >= 4 is 0 Å². The molecule has 2 heterocycles. The van der Waals surface area contributed by atoms with E-state index in [1.807, 2.05) is 12.3 Å². The van der Waals surface area contributed by atoms with E-state index in [2.05, 4.69) is 49.0 Å². The summed E-state index contributed by atoms with van der Waals surface area (Å²) in [4.78, 5) is 7.21. The number of hydrogen-bond acceptors (Lipinski definition) is 3. The van der Waals surface area contributed by atoms with Crippen molar-refractivity contribution in [1.82, 2.24) is 15.2 Å². The van der Waals surface area contributed by atoms with Crippen LogP contribution in [0.15, 0.2) is 18.3 Å². The fourth-order valence-electron chi connectivity index (χ4n) is 3.11. The van der Waals surface area contributed by atoms with Crippen molar-refractivity contribution in [3.8, 4) is 0 Å². The van der Waals surface area contributed by atoms with Gasteiger partial charge in [-0.05, 0) is 38.3 Å². The summed E-state index contributed by atoms with van der Waals surface area (Å²) in [5.74, 6) is 0. The van der Waals surface area contributed by atoms with Crippen molar-refractivity contribution in [2.24, 2.45) is 0 Å². The number of pyridine rings is 1. The molecule has 106 valence electrons. The monoisotopic (exact) mass is 261 g/mol. The van der Waals surface area contributed by atoms with Gasteiger partial charge in [0.2, 0.25) is 0 Å². The summed E-state index contributed by atoms with van der Waals surface area (Å²) in [6.07, 6.45) is 4.29. The zero-order valence-corrected chi connectivity index (χ0v) is 12.7. The Labute approximate surface area is 117 Å². The van der Waals surface area contributed by atoms with E-state index < -0.39 is 0 Å². The minimum absolute atomic E-state index is 0.288. The molecule has 1 aliphatic heterocycles. The van der Waals surface area contributed by atoms with Gasteiger partial charge in [0.1, 0.15) is 0 Å². The fraction of sp³-hybridized carbons (Fsp3) is 0.688. The maximum atomic E-state index is 4.57. The Morgan fingerprint density at radius 2 is 2.16 bits per heavy atom. The number of aryl methyl sites for hydroxylation is 1. The lowest BCUT2D eigenvalue weighted by Gasteiger charge is -2.49. The molecule has 1 unspecified atom stereocenters. The van der Waals surface area contributed by atoms with E-state index in [1.165, 1.54) is 24.1 Å². The lowest BCUT2D eigenvalue weighted by molar-refractivity contribution is 0.0267. The molecular weight excluding hydrogens is 234 g/mol. The topological polar surface area (TPSA) is 28.2 Å². The predicted molar refractivity (Wildman–Crippen MR) is 80.2 cm³/mol. The predicted octanol–water partition coefficient (Wildman–Crippen LogP) is 2.74. The Kier molecular flexibility index (Phi) is 4.58. The third kappa shape index (κ3) is 2.98. The van der Waals surface area contributed by atoms with Crippen LogP contribution in [-0.4, -0.2) is 34.6 Å². The Hall–Kier alpha value is -0.930. The summed E-state index contributed by atoms with van der Waals surface area (Å²) < 4.78 is 0. The summed E-state index contributed by atoms with van der Waals surface area (Å²) in [7, 11) is 0. The molecule has 0 saturated carbocycles. The number of rotatable bonds is 4. The highest BCUT2D eigenvalue weighted by atomic mass is 15.3. The summed E-state index contributed by atoms with van der Waals surface area (Å²) in [5.41, 5.74) is 2.81. The lowest BCUT2D eigenvalue weighted by Crippen LogP contribution is -2.63. The van der Waals surface area contributed by atoms with Gasteiger partial charge in [-0.25, -0.2) is 0 Å². The van der Waals surface area contributed by atoms with Crippen molar-refractivity contribution < 1.29 is 0 Å². The summed E-state index contributed by atoms with van der Waals surface area (Å²) in [5, 5.41) is 3.64. The van der Waals surface area contributed by atoms with Crippen molar-refractivity contribution in [2.45, 2.75) is 58.7 Å². The summed E-state index contributed by atoms with van der Waals surface area (Å²) in [6.45, 7) is 12.2. The van der Waals surface area contributed by atoms with Crippen LogP contribution >= 0.6 is 0 Å². The average molecular weight is 261 g/mol. The van der Waals surface area contributed by atoms with E-state index in [9.17, 15) is 0 Å². The first kappa shape index (κ1) is 14.5. The molecule has 0 spiro atoms. The van der Waals surface area contributed by atoms with Gasteiger partial charge in [-0.1, -0.05) is 19.9 Å². The van der Waals surface area contributed by atoms with Crippen LogP contribution < -0.4 is 5.32 Å². The van der Waals surface area contributed by atoms with Gasteiger partial charge < -0.3 is 5.32 Å². The zero-order chi connectivity index (χ0) is 13.9. The van der Waals surface area contributed by atoms with E-state index in [0.717, 1.165) is 19.6 Å². The van der Waals surface area contributed by atoms with E-state index in [-0.39, 0.29) is 5.54 Å². The molecule has 1 aromatic heterocycles. The van der Waals surface area contributed by atoms with Crippen LogP contribution in [0.25, 0.3) is 0 Å². The Balaban J connectivity index is 2.21. The molecule has 1 N–H and O–H groups in total. The Morgan fingerprint density at radius 1 is 1.42 bits per heavy atom. The quantitative estimate of drug-likeness (QED) is 0.903. The lowest BCUT2D eigenvalue weighted by atomic mass is 9.87. The molecule has 0 aliphatic carbocycles. The fourth-order valence-corrected chi connectivity index (χ4v) is 3.11. The first-order chi connectivity index (χ1) is 9.11. The molecule has 1 saturated heterocycles. The van der Waals surface area contributed by atoms with Crippen molar-refractivity contribution in [3.63, 3.8) is 0 Å². The van der Waals surface area contributed by atoms with Crippen LogP contribution in [0.3, 0.4) is 0 Å². The zero-order valence-electron chi connectivity index (χ0n) is 12.7. The van der Waals surface area contributed by atoms with E-state index >= 15 is 0 Å². The molecule has 1 aromatic rings. The van der Waals surface area contributed by atoms with Crippen LogP contribution in [0, 0.1) is 6.92 Å². The smallest absolute Gasteiger partial charge is 0.0573 e. The van der Waals surface area contributed by atoms with Gasteiger partial charge >= 0.3 is 0 Å². The molecule has 0 radical (unpaired) electrons. The van der Waals surface area contributed by atoms with Crippen molar-refractivity contribution in [1.29, 1.82) is 0 Å². The molecular formula is C16H27N3. The maximum absolute atomic E-state index is 4.57. The number of nitrogens with zero attached hydrogens (tertiary/aromatic N) is 2. The largest absolute Gasteiger partial charge is 0.311 e. The normalized spacial score (nSPS) is 23.5. The number of aromatic nitrogens is 1. The molecule has 3 nitrogen and oxygen atoms in total. The number of nitrogens with one attached hydrogen (secondary N) is 1.